The van der Waals surface area contributed by atoms with E-state index < -0.39 is 5.97 Å². The Morgan fingerprint density at radius 3 is 2.57 bits per heavy atom. The van der Waals surface area contributed by atoms with Gasteiger partial charge in [0.15, 0.2) is 0 Å². The zero-order chi connectivity index (χ0) is 16.6. The summed E-state index contributed by atoms with van der Waals surface area (Å²) in [5.41, 5.74) is 3.57. The molecule has 1 aromatic heterocycles. The fourth-order valence-corrected chi connectivity index (χ4v) is 3.66. The van der Waals surface area contributed by atoms with Gasteiger partial charge >= 0.3 is 5.97 Å². The number of aryl methyl sites for hydroxylation is 1. The van der Waals surface area contributed by atoms with Crippen molar-refractivity contribution in [2.24, 2.45) is 0 Å². The average molecular weight is 314 g/mol. The highest BCUT2D eigenvalue weighted by molar-refractivity contribution is 6.04. The van der Waals surface area contributed by atoms with Gasteiger partial charge in [0, 0.05) is 24.2 Å². The number of hydrogen-bond donors (Lipinski definition) is 1. The Morgan fingerprint density at radius 2 is 1.96 bits per heavy atom. The topological polar surface area (TPSA) is 45.5 Å². The molecule has 1 aromatic carbocycles. The lowest BCUT2D eigenvalue weighted by molar-refractivity contribution is 0.0698. The fraction of sp³-hybridized carbons (Fsp3) is 0.526. The van der Waals surface area contributed by atoms with E-state index in [4.69, 9.17) is 0 Å². The monoisotopic (exact) mass is 314 g/mol. The second-order valence-electron chi connectivity index (χ2n) is 6.97. The lowest BCUT2D eigenvalue weighted by atomic mass is 10.0. The first kappa shape index (κ1) is 16.1. The van der Waals surface area contributed by atoms with Crippen LogP contribution in [0.3, 0.4) is 0 Å². The lowest BCUT2D eigenvalue weighted by Gasteiger charge is -2.13. The van der Waals surface area contributed by atoms with Gasteiger partial charge in [-0.1, -0.05) is 0 Å². The number of likely N-dealkylation sites (tertiary alicyclic amines) is 1. The van der Waals surface area contributed by atoms with Gasteiger partial charge in [0.25, 0.3) is 0 Å². The van der Waals surface area contributed by atoms with E-state index in [1.54, 1.807) is 6.07 Å². The zero-order valence-electron chi connectivity index (χ0n) is 14.3. The molecule has 3 rings (SSSR count). The average Bonchev–Trinajstić information content (AvgIpc) is 3.11. The Bertz CT molecular complexity index is 725. The third kappa shape index (κ3) is 3.13. The van der Waals surface area contributed by atoms with Crippen LogP contribution in [0.4, 0.5) is 0 Å². The highest BCUT2D eigenvalue weighted by Crippen LogP contribution is 2.30. The van der Waals surface area contributed by atoms with Crippen LogP contribution in [-0.4, -0.2) is 40.2 Å². The number of nitrogens with zero attached hydrogens (tertiary/aromatic N) is 2. The van der Waals surface area contributed by atoms with Gasteiger partial charge in [-0.25, -0.2) is 4.79 Å². The van der Waals surface area contributed by atoms with Gasteiger partial charge in [-0.15, -0.1) is 0 Å². The summed E-state index contributed by atoms with van der Waals surface area (Å²) in [6.45, 7) is 9.64. The number of rotatable bonds is 5. The van der Waals surface area contributed by atoms with Crippen LogP contribution in [0, 0.1) is 6.92 Å². The fourth-order valence-electron chi connectivity index (χ4n) is 3.66. The molecule has 0 unspecified atom stereocenters. The number of carbonyl (C=O) groups is 1. The standard InChI is InChI=1S/C19H26N2O2/c1-13(2)21-12-15(6-9-20-7-4-5-8-20)16-10-14(3)11-17(18(16)21)19(22)23/h10-13H,4-9H2,1-3H3,(H,22,23). The van der Waals surface area contributed by atoms with Gasteiger partial charge in [0.05, 0.1) is 11.1 Å². The molecule has 2 heterocycles. The molecule has 1 N–H and O–H groups in total. The van der Waals surface area contributed by atoms with Crippen molar-refractivity contribution < 1.29 is 9.90 Å². The third-order valence-corrected chi connectivity index (χ3v) is 4.84. The molecule has 0 atom stereocenters. The molecule has 2 aromatic rings. The normalized spacial score (nSPS) is 15.8. The Hall–Kier alpha value is -1.81. The maximum absolute atomic E-state index is 11.7. The molecule has 4 nitrogen and oxygen atoms in total. The van der Waals surface area contributed by atoms with Crippen molar-refractivity contribution in [3.05, 3.63) is 35.0 Å². The molecule has 0 saturated carbocycles. The van der Waals surface area contributed by atoms with E-state index in [0.717, 1.165) is 29.4 Å². The van der Waals surface area contributed by atoms with Crippen molar-refractivity contribution in [3.8, 4) is 0 Å². The Morgan fingerprint density at radius 1 is 1.26 bits per heavy atom. The highest BCUT2D eigenvalue weighted by Gasteiger charge is 2.19. The van der Waals surface area contributed by atoms with Crippen LogP contribution in [0.25, 0.3) is 10.9 Å². The molecule has 0 amide bonds. The van der Waals surface area contributed by atoms with E-state index in [1.807, 2.05) is 6.92 Å². The number of aromatic nitrogens is 1. The van der Waals surface area contributed by atoms with Gasteiger partial charge in [0.2, 0.25) is 0 Å². The maximum Gasteiger partial charge on any atom is 0.337 e. The molecule has 0 radical (unpaired) electrons. The van der Waals surface area contributed by atoms with Gasteiger partial charge in [-0.3, -0.25) is 0 Å². The molecule has 124 valence electrons. The smallest absolute Gasteiger partial charge is 0.337 e. The predicted octanol–water partition coefficient (Wildman–Crippen LogP) is 3.87. The summed E-state index contributed by atoms with van der Waals surface area (Å²) in [5, 5.41) is 10.7. The van der Waals surface area contributed by atoms with E-state index in [1.165, 1.54) is 31.5 Å². The Balaban J connectivity index is 2.05. The van der Waals surface area contributed by atoms with Gasteiger partial charge in [0.1, 0.15) is 0 Å². The van der Waals surface area contributed by atoms with Crippen LogP contribution in [0.1, 0.15) is 54.2 Å². The molecule has 4 heteroatoms. The van der Waals surface area contributed by atoms with Crippen LogP contribution in [0.5, 0.6) is 0 Å². The van der Waals surface area contributed by atoms with Crippen molar-refractivity contribution in [2.45, 2.75) is 46.1 Å². The molecule has 0 spiro atoms. The molecule has 1 fully saturated rings. The Kier molecular flexibility index (Phi) is 4.44. The number of benzene rings is 1. The summed E-state index contributed by atoms with van der Waals surface area (Å²) in [4.78, 5) is 14.2. The minimum absolute atomic E-state index is 0.249. The molecule has 0 aliphatic carbocycles. The van der Waals surface area contributed by atoms with Crippen molar-refractivity contribution >= 4 is 16.9 Å². The van der Waals surface area contributed by atoms with Crippen molar-refractivity contribution in [1.82, 2.24) is 9.47 Å². The lowest BCUT2D eigenvalue weighted by Crippen LogP contribution is -2.21. The van der Waals surface area contributed by atoms with Crippen LogP contribution in [0.2, 0.25) is 0 Å². The summed E-state index contributed by atoms with van der Waals surface area (Å²) >= 11 is 0. The summed E-state index contributed by atoms with van der Waals surface area (Å²) in [6, 6.07) is 4.17. The van der Waals surface area contributed by atoms with Crippen molar-refractivity contribution in [2.75, 3.05) is 19.6 Å². The first-order valence-corrected chi connectivity index (χ1v) is 8.57. The van der Waals surface area contributed by atoms with Gasteiger partial charge < -0.3 is 14.6 Å². The van der Waals surface area contributed by atoms with E-state index >= 15 is 0 Å². The second kappa shape index (κ2) is 6.36. The van der Waals surface area contributed by atoms with Crippen LogP contribution in [0.15, 0.2) is 18.3 Å². The molecule has 0 bridgehead atoms. The summed E-state index contributed by atoms with van der Waals surface area (Å²) in [5.74, 6) is -0.843. The largest absolute Gasteiger partial charge is 0.478 e. The first-order chi connectivity index (χ1) is 11.0. The minimum atomic E-state index is -0.843. The number of carboxylic acid groups (broad SMARTS) is 1. The van der Waals surface area contributed by atoms with Crippen LogP contribution >= 0.6 is 0 Å². The summed E-state index contributed by atoms with van der Waals surface area (Å²) in [7, 11) is 0. The van der Waals surface area contributed by atoms with E-state index in [-0.39, 0.29) is 6.04 Å². The third-order valence-electron chi connectivity index (χ3n) is 4.84. The molecule has 1 saturated heterocycles. The molecular formula is C19H26N2O2. The summed E-state index contributed by atoms with van der Waals surface area (Å²) in [6.07, 6.45) is 5.75. The predicted molar refractivity (Wildman–Crippen MR) is 93.4 cm³/mol. The maximum atomic E-state index is 11.7. The van der Waals surface area contributed by atoms with Gasteiger partial charge in [-0.05, 0) is 76.4 Å². The van der Waals surface area contributed by atoms with E-state index in [9.17, 15) is 9.90 Å². The molecule has 1 aliphatic rings. The molecule has 1 aliphatic heterocycles. The SMILES string of the molecule is Cc1cc(C(=O)O)c2c(c1)c(CCN1CCCC1)cn2C(C)C. The number of hydrogen-bond acceptors (Lipinski definition) is 2. The molecular weight excluding hydrogens is 288 g/mol. The quantitative estimate of drug-likeness (QED) is 0.911. The molecule has 23 heavy (non-hydrogen) atoms. The zero-order valence-corrected chi connectivity index (χ0v) is 14.3. The van der Waals surface area contributed by atoms with Crippen molar-refractivity contribution in [1.29, 1.82) is 0 Å². The van der Waals surface area contributed by atoms with E-state index in [2.05, 4.69) is 35.6 Å². The second-order valence-corrected chi connectivity index (χ2v) is 6.97. The first-order valence-electron chi connectivity index (χ1n) is 8.57. The van der Waals surface area contributed by atoms with Crippen LogP contribution in [-0.2, 0) is 6.42 Å². The minimum Gasteiger partial charge on any atom is -0.478 e. The van der Waals surface area contributed by atoms with Gasteiger partial charge in [-0.2, -0.15) is 0 Å². The van der Waals surface area contributed by atoms with Crippen LogP contribution < -0.4 is 0 Å². The number of carboxylic acids is 1. The number of fused-ring (bicyclic) bond motifs is 1. The Labute approximate surface area is 137 Å². The number of aromatic carboxylic acids is 1. The summed E-state index contributed by atoms with van der Waals surface area (Å²) < 4.78 is 2.12. The van der Waals surface area contributed by atoms with Crippen molar-refractivity contribution in [3.63, 3.8) is 0 Å². The van der Waals surface area contributed by atoms with E-state index in [0.29, 0.717) is 5.56 Å². The highest BCUT2D eigenvalue weighted by atomic mass is 16.4.